The van der Waals surface area contributed by atoms with Crippen molar-refractivity contribution in [3.05, 3.63) is 71.8 Å². The highest BCUT2D eigenvalue weighted by molar-refractivity contribution is 9.09. The van der Waals surface area contributed by atoms with Crippen molar-refractivity contribution in [3.8, 4) is 0 Å². The molecule has 0 N–H and O–H groups in total. The average Bonchev–Trinajstić information content (AvgIpc) is 3.14. The highest BCUT2D eigenvalue weighted by atomic mass is 79.9. The topological polar surface area (TPSA) is 74.3 Å². The van der Waals surface area contributed by atoms with Gasteiger partial charge >= 0.3 is 12.1 Å². The number of alkyl halides is 2. The minimum Gasteiger partial charge on any atom is -0.455 e. The number of nitrogens with zero attached hydrogens (tertiary/aromatic N) is 1. The van der Waals surface area contributed by atoms with E-state index in [4.69, 9.17) is 30.5 Å². The summed E-state index contributed by atoms with van der Waals surface area (Å²) in [6.45, 7) is 0.867. The lowest BCUT2D eigenvalue weighted by Gasteiger charge is -2.41. The molecule has 0 radical (unpaired) electrons. The van der Waals surface area contributed by atoms with Gasteiger partial charge in [0, 0.05) is 6.54 Å². The van der Waals surface area contributed by atoms with E-state index in [0.717, 1.165) is 11.1 Å². The second-order valence-corrected chi connectivity index (χ2v) is 8.74. The van der Waals surface area contributed by atoms with Gasteiger partial charge in [0.2, 0.25) is 0 Å². The van der Waals surface area contributed by atoms with Gasteiger partial charge in [-0.3, -0.25) is 9.69 Å². The summed E-state index contributed by atoms with van der Waals surface area (Å²) in [5.74, 6) is -0.928. The van der Waals surface area contributed by atoms with Crippen LogP contribution in [0.3, 0.4) is 0 Å². The maximum absolute atomic E-state index is 12.7. The Hall–Kier alpha value is -2.13. The summed E-state index contributed by atoms with van der Waals surface area (Å²) in [4.78, 5) is 26.3. The SMILES string of the molecule is O=C(CCl)O[C@@H]1[C@@H]2OC(=O)N(Cc3ccccc3)[C@H]2[C@H](Br)O[C@@H]1COCc1ccccc1. The van der Waals surface area contributed by atoms with Crippen LogP contribution in [0.4, 0.5) is 4.79 Å². The molecule has 5 atom stereocenters. The summed E-state index contributed by atoms with van der Waals surface area (Å²) in [5, 5.41) is -0.529. The number of carbonyl (C=O) groups is 2. The van der Waals surface area contributed by atoms with E-state index in [1.54, 1.807) is 4.90 Å². The van der Waals surface area contributed by atoms with Gasteiger partial charge in [-0.1, -0.05) is 76.6 Å². The molecular formula is C23H23BrClNO6. The Morgan fingerprint density at radius 2 is 1.72 bits per heavy atom. The number of rotatable bonds is 8. The molecule has 0 aromatic heterocycles. The molecule has 2 aliphatic heterocycles. The van der Waals surface area contributed by atoms with Crippen molar-refractivity contribution in [2.75, 3.05) is 12.5 Å². The lowest BCUT2D eigenvalue weighted by Crippen LogP contribution is -2.60. The van der Waals surface area contributed by atoms with Crippen LogP contribution in [-0.4, -0.2) is 58.8 Å². The number of benzene rings is 2. The first-order valence-electron chi connectivity index (χ1n) is 10.2. The van der Waals surface area contributed by atoms with E-state index in [1.165, 1.54) is 0 Å². The summed E-state index contributed by atoms with van der Waals surface area (Å²) in [6, 6.07) is 18.8. The molecule has 2 heterocycles. The van der Waals surface area contributed by atoms with Crippen LogP contribution in [0, 0.1) is 0 Å². The first-order chi connectivity index (χ1) is 15.6. The van der Waals surface area contributed by atoms with Crippen LogP contribution in [0.5, 0.6) is 0 Å². The first kappa shape index (κ1) is 23.0. The van der Waals surface area contributed by atoms with Gasteiger partial charge in [-0.25, -0.2) is 4.79 Å². The minimum absolute atomic E-state index is 0.149. The van der Waals surface area contributed by atoms with E-state index in [-0.39, 0.29) is 12.5 Å². The van der Waals surface area contributed by atoms with E-state index in [9.17, 15) is 9.59 Å². The summed E-state index contributed by atoms with van der Waals surface area (Å²) in [5.41, 5.74) is 1.96. The maximum atomic E-state index is 12.7. The predicted molar refractivity (Wildman–Crippen MR) is 120 cm³/mol. The number of halogens is 2. The zero-order valence-corrected chi connectivity index (χ0v) is 19.5. The molecule has 170 valence electrons. The molecular weight excluding hydrogens is 502 g/mol. The van der Waals surface area contributed by atoms with Crippen LogP contribution in [0.25, 0.3) is 0 Å². The van der Waals surface area contributed by atoms with Crippen LogP contribution in [0.15, 0.2) is 60.7 Å². The van der Waals surface area contributed by atoms with Gasteiger partial charge in [0.15, 0.2) is 12.2 Å². The van der Waals surface area contributed by atoms with Gasteiger partial charge in [0.25, 0.3) is 0 Å². The van der Waals surface area contributed by atoms with Gasteiger partial charge in [-0.2, -0.15) is 0 Å². The minimum atomic E-state index is -0.847. The number of hydrogen-bond acceptors (Lipinski definition) is 6. The van der Waals surface area contributed by atoms with Crippen molar-refractivity contribution in [1.29, 1.82) is 0 Å². The van der Waals surface area contributed by atoms with Gasteiger partial charge < -0.3 is 18.9 Å². The fraction of sp³-hybridized carbons (Fsp3) is 0.391. The zero-order valence-electron chi connectivity index (χ0n) is 17.1. The van der Waals surface area contributed by atoms with E-state index in [2.05, 4.69) is 15.9 Å². The normalized spacial score (nSPS) is 27.0. The lowest BCUT2D eigenvalue weighted by molar-refractivity contribution is -0.194. The Morgan fingerprint density at radius 1 is 1.06 bits per heavy atom. The van der Waals surface area contributed by atoms with Crippen LogP contribution < -0.4 is 0 Å². The van der Waals surface area contributed by atoms with Gasteiger partial charge in [-0.15, -0.1) is 11.6 Å². The van der Waals surface area contributed by atoms with E-state index in [0.29, 0.717) is 13.2 Å². The number of carbonyl (C=O) groups excluding carboxylic acids is 2. The molecule has 9 heteroatoms. The first-order valence-corrected chi connectivity index (χ1v) is 11.7. The molecule has 2 aromatic carbocycles. The second kappa shape index (κ2) is 10.7. The summed E-state index contributed by atoms with van der Waals surface area (Å²) in [6.07, 6.45) is -2.70. The molecule has 0 spiro atoms. The third-order valence-corrected chi connectivity index (χ3v) is 6.37. The Bertz CT molecular complexity index is 917. The Morgan fingerprint density at radius 3 is 2.38 bits per heavy atom. The van der Waals surface area contributed by atoms with Crippen molar-refractivity contribution in [2.45, 2.75) is 42.5 Å². The number of amides is 1. The fourth-order valence-corrected chi connectivity index (χ4v) is 4.85. The quantitative estimate of drug-likeness (QED) is 0.386. The third-order valence-electron chi connectivity index (χ3n) is 5.40. The van der Waals surface area contributed by atoms with Crippen LogP contribution in [-0.2, 0) is 36.9 Å². The molecule has 32 heavy (non-hydrogen) atoms. The number of fused-ring (bicyclic) bond motifs is 1. The zero-order chi connectivity index (χ0) is 22.5. The summed E-state index contributed by atoms with van der Waals surface area (Å²) < 4.78 is 23.2. The smallest absolute Gasteiger partial charge is 0.411 e. The molecule has 0 bridgehead atoms. The average molecular weight is 525 g/mol. The molecule has 0 saturated carbocycles. The molecule has 0 aliphatic carbocycles. The van der Waals surface area contributed by atoms with E-state index < -0.39 is 41.4 Å². The molecule has 2 fully saturated rings. The Labute approximate surface area is 199 Å². The molecule has 4 rings (SSSR count). The van der Waals surface area contributed by atoms with Crippen LogP contribution >= 0.6 is 27.5 Å². The number of esters is 1. The monoisotopic (exact) mass is 523 g/mol. The Kier molecular flexibility index (Phi) is 7.67. The second-order valence-electron chi connectivity index (χ2n) is 7.57. The standard InChI is InChI=1S/C23H23BrClNO6/c24-22-19-21(32-23(28)26(19)12-15-7-3-1-4-8-15)20(31-18(27)11-25)17(30-22)14-29-13-16-9-5-2-6-10-16/h1-10,17,19-22H,11-14H2/t17-,19-,20+,21-,22-/m1/s1. The summed E-state index contributed by atoms with van der Waals surface area (Å²) in [7, 11) is 0. The molecule has 2 aromatic rings. The molecule has 0 unspecified atom stereocenters. The van der Waals surface area contributed by atoms with Gasteiger partial charge in [0.1, 0.15) is 23.0 Å². The van der Waals surface area contributed by atoms with E-state index in [1.807, 2.05) is 60.7 Å². The molecule has 2 aliphatic rings. The van der Waals surface area contributed by atoms with Crippen molar-refractivity contribution in [3.63, 3.8) is 0 Å². The summed E-state index contributed by atoms with van der Waals surface area (Å²) >= 11 is 9.21. The van der Waals surface area contributed by atoms with Crippen LogP contribution in [0.2, 0.25) is 0 Å². The highest BCUT2D eigenvalue weighted by Crippen LogP contribution is 2.37. The number of hydrogen-bond donors (Lipinski definition) is 0. The van der Waals surface area contributed by atoms with Crippen LogP contribution in [0.1, 0.15) is 11.1 Å². The van der Waals surface area contributed by atoms with Gasteiger partial charge in [-0.05, 0) is 11.1 Å². The lowest BCUT2D eigenvalue weighted by atomic mass is 9.97. The maximum Gasteiger partial charge on any atom is 0.411 e. The van der Waals surface area contributed by atoms with Crippen molar-refractivity contribution < 1.29 is 28.5 Å². The largest absolute Gasteiger partial charge is 0.455 e. The van der Waals surface area contributed by atoms with Crippen molar-refractivity contribution in [1.82, 2.24) is 4.90 Å². The van der Waals surface area contributed by atoms with Crippen molar-refractivity contribution >= 4 is 39.6 Å². The molecule has 2 saturated heterocycles. The highest BCUT2D eigenvalue weighted by Gasteiger charge is 2.57. The van der Waals surface area contributed by atoms with Crippen molar-refractivity contribution in [2.24, 2.45) is 0 Å². The Balaban J connectivity index is 1.49. The molecule has 7 nitrogen and oxygen atoms in total. The molecule has 1 amide bonds. The number of ether oxygens (including phenoxy) is 4. The third kappa shape index (κ3) is 5.26. The fourth-order valence-electron chi connectivity index (χ4n) is 3.92. The van der Waals surface area contributed by atoms with Gasteiger partial charge in [0.05, 0.1) is 13.2 Å². The predicted octanol–water partition coefficient (Wildman–Crippen LogP) is 3.86. The van der Waals surface area contributed by atoms with E-state index >= 15 is 0 Å².